The zero-order valence-corrected chi connectivity index (χ0v) is 10.9. The number of nitrogens with zero attached hydrogens (tertiary/aromatic N) is 1. The second-order valence-corrected chi connectivity index (χ2v) is 4.95. The number of rotatable bonds is 4. The van der Waals surface area contributed by atoms with E-state index in [2.05, 4.69) is 5.32 Å². The number of carboxylic acid groups (broad SMARTS) is 1. The Kier molecular flexibility index (Phi) is 3.44. The van der Waals surface area contributed by atoms with E-state index in [4.69, 9.17) is 5.11 Å². The molecule has 7 heteroatoms. The van der Waals surface area contributed by atoms with Gasteiger partial charge in [0, 0.05) is 17.3 Å². The summed E-state index contributed by atoms with van der Waals surface area (Å²) in [6, 6.07) is 4.28. The Bertz CT molecular complexity index is 592. The van der Waals surface area contributed by atoms with Gasteiger partial charge in [0.1, 0.15) is 5.41 Å². The highest BCUT2D eigenvalue weighted by molar-refractivity contribution is 6.09. The minimum Gasteiger partial charge on any atom is -0.480 e. The number of hydrogen-bond acceptors (Lipinski definition) is 4. The van der Waals surface area contributed by atoms with E-state index in [1.165, 1.54) is 18.2 Å². The molecule has 2 rings (SSSR count). The van der Waals surface area contributed by atoms with E-state index in [-0.39, 0.29) is 11.4 Å². The fraction of sp³-hybridized carbons (Fsp3) is 0.385. The first-order chi connectivity index (χ1) is 9.36. The second-order valence-electron chi connectivity index (χ2n) is 4.95. The van der Waals surface area contributed by atoms with Crippen LogP contribution < -0.4 is 5.32 Å². The summed E-state index contributed by atoms with van der Waals surface area (Å²) < 4.78 is 0. The first kappa shape index (κ1) is 14.0. The maximum atomic E-state index is 12.1. The largest absolute Gasteiger partial charge is 0.480 e. The van der Waals surface area contributed by atoms with Gasteiger partial charge in [0.2, 0.25) is 5.91 Å². The first-order valence-electron chi connectivity index (χ1n) is 6.17. The molecule has 1 aliphatic rings. The third kappa shape index (κ3) is 2.22. The lowest BCUT2D eigenvalue weighted by Crippen LogP contribution is -2.48. The van der Waals surface area contributed by atoms with Crippen molar-refractivity contribution in [2.45, 2.75) is 26.2 Å². The third-order valence-corrected chi connectivity index (χ3v) is 3.71. The molecular weight excluding hydrogens is 264 g/mol. The molecule has 0 bridgehead atoms. The predicted octanol–water partition coefficient (Wildman–Crippen LogP) is 2.10. The molecule has 1 amide bonds. The summed E-state index contributed by atoms with van der Waals surface area (Å²) in [6.07, 6.45) is 1.28. The Morgan fingerprint density at radius 2 is 2.05 bits per heavy atom. The van der Waals surface area contributed by atoms with Crippen LogP contribution in [0.5, 0.6) is 0 Å². The van der Waals surface area contributed by atoms with Crippen molar-refractivity contribution in [1.82, 2.24) is 0 Å². The molecule has 1 saturated carbocycles. The summed E-state index contributed by atoms with van der Waals surface area (Å²) in [5.41, 5.74) is -0.787. The van der Waals surface area contributed by atoms with Crippen molar-refractivity contribution in [2.24, 2.45) is 5.41 Å². The molecule has 1 aromatic rings. The van der Waals surface area contributed by atoms with Gasteiger partial charge in [0.15, 0.2) is 0 Å². The lowest BCUT2D eigenvalue weighted by molar-refractivity contribution is -0.385. The van der Waals surface area contributed by atoms with Crippen molar-refractivity contribution in [1.29, 1.82) is 0 Å². The molecule has 0 heterocycles. The molecule has 0 radical (unpaired) electrons. The lowest BCUT2D eigenvalue weighted by Gasteiger charge is -2.35. The molecule has 0 atom stereocenters. The highest BCUT2D eigenvalue weighted by atomic mass is 16.6. The number of nitro groups is 1. The average Bonchev–Trinajstić information content (AvgIpc) is 2.29. The quantitative estimate of drug-likeness (QED) is 0.498. The number of benzene rings is 1. The zero-order chi connectivity index (χ0) is 14.9. The molecule has 0 unspecified atom stereocenters. The van der Waals surface area contributed by atoms with Crippen molar-refractivity contribution < 1.29 is 19.6 Å². The number of aliphatic carboxylic acids is 1. The summed E-state index contributed by atoms with van der Waals surface area (Å²) in [7, 11) is 0. The zero-order valence-electron chi connectivity index (χ0n) is 10.9. The molecule has 0 aliphatic heterocycles. The van der Waals surface area contributed by atoms with E-state index < -0.39 is 22.2 Å². The van der Waals surface area contributed by atoms with Gasteiger partial charge in [-0.1, -0.05) is 12.5 Å². The molecule has 1 aliphatic carbocycles. The maximum absolute atomic E-state index is 12.1. The number of anilines is 1. The molecule has 7 nitrogen and oxygen atoms in total. The topological polar surface area (TPSA) is 110 Å². The van der Waals surface area contributed by atoms with Crippen molar-refractivity contribution in [3.8, 4) is 0 Å². The Morgan fingerprint density at radius 1 is 1.40 bits per heavy atom. The fourth-order valence-corrected chi connectivity index (χ4v) is 2.20. The Hall–Kier alpha value is -2.44. The minimum absolute atomic E-state index is 0.110. The molecule has 0 saturated heterocycles. The van der Waals surface area contributed by atoms with Gasteiger partial charge in [0.25, 0.3) is 5.69 Å². The lowest BCUT2D eigenvalue weighted by atomic mass is 9.68. The van der Waals surface area contributed by atoms with E-state index in [0.717, 1.165) is 0 Å². The molecule has 1 aromatic carbocycles. The van der Waals surface area contributed by atoms with Gasteiger partial charge in [-0.05, 0) is 25.8 Å². The monoisotopic (exact) mass is 278 g/mol. The summed E-state index contributed by atoms with van der Waals surface area (Å²) >= 11 is 0. The van der Waals surface area contributed by atoms with E-state index >= 15 is 0 Å². The van der Waals surface area contributed by atoms with Crippen LogP contribution in [-0.4, -0.2) is 21.9 Å². The number of nitrogens with one attached hydrogen (secondary N) is 1. The number of hydrogen-bond donors (Lipinski definition) is 2. The average molecular weight is 278 g/mol. The van der Waals surface area contributed by atoms with Crippen molar-refractivity contribution in [3.05, 3.63) is 33.9 Å². The molecule has 0 aromatic heterocycles. The number of carbonyl (C=O) groups is 2. The van der Waals surface area contributed by atoms with Gasteiger partial charge in [-0.2, -0.15) is 0 Å². The molecule has 1 fully saturated rings. The standard InChI is InChI=1S/C13H14N2O5/c1-8-3-4-9(7-10(8)15(19)20)14-11(16)13(12(17)18)5-2-6-13/h3-4,7H,2,5-6H2,1H3,(H,14,16)(H,17,18). The molecule has 20 heavy (non-hydrogen) atoms. The second kappa shape index (κ2) is 4.92. The van der Waals surface area contributed by atoms with Crippen LogP contribution in [-0.2, 0) is 9.59 Å². The SMILES string of the molecule is Cc1ccc(NC(=O)C2(C(=O)O)CCC2)cc1[N+](=O)[O-]. The number of amides is 1. The first-order valence-corrected chi connectivity index (χ1v) is 6.17. The Morgan fingerprint density at radius 3 is 2.50 bits per heavy atom. The number of nitro benzene ring substituents is 1. The fourth-order valence-electron chi connectivity index (χ4n) is 2.20. The van der Waals surface area contributed by atoms with Crippen LogP contribution in [0.15, 0.2) is 18.2 Å². The van der Waals surface area contributed by atoms with Gasteiger partial charge in [0.05, 0.1) is 4.92 Å². The predicted molar refractivity (Wildman–Crippen MR) is 70.4 cm³/mol. The minimum atomic E-state index is -1.39. The maximum Gasteiger partial charge on any atom is 0.319 e. The number of carboxylic acids is 1. The Labute approximate surface area is 114 Å². The molecule has 0 spiro atoms. The summed E-state index contributed by atoms with van der Waals surface area (Å²) in [6.45, 7) is 1.59. The van der Waals surface area contributed by atoms with Crippen LogP contribution in [0, 0.1) is 22.5 Å². The highest BCUT2D eigenvalue weighted by Gasteiger charge is 2.51. The highest BCUT2D eigenvalue weighted by Crippen LogP contribution is 2.42. The van der Waals surface area contributed by atoms with Crippen LogP contribution in [0.2, 0.25) is 0 Å². The summed E-state index contributed by atoms with van der Waals surface area (Å²) in [5, 5.41) is 22.4. The normalized spacial score (nSPS) is 16.1. The van der Waals surface area contributed by atoms with Crippen molar-refractivity contribution in [3.63, 3.8) is 0 Å². The number of aryl methyl sites for hydroxylation is 1. The van der Waals surface area contributed by atoms with Gasteiger partial charge in [-0.3, -0.25) is 19.7 Å². The van der Waals surface area contributed by atoms with Gasteiger partial charge in [-0.15, -0.1) is 0 Å². The van der Waals surface area contributed by atoms with Crippen LogP contribution >= 0.6 is 0 Å². The van der Waals surface area contributed by atoms with Gasteiger partial charge < -0.3 is 10.4 Å². The third-order valence-electron chi connectivity index (χ3n) is 3.71. The van der Waals surface area contributed by atoms with Crippen LogP contribution in [0.4, 0.5) is 11.4 Å². The molecular formula is C13H14N2O5. The Balaban J connectivity index is 2.22. The van der Waals surface area contributed by atoms with Crippen molar-refractivity contribution in [2.75, 3.05) is 5.32 Å². The number of carbonyl (C=O) groups excluding carboxylic acids is 1. The van der Waals surface area contributed by atoms with E-state index in [0.29, 0.717) is 24.8 Å². The van der Waals surface area contributed by atoms with E-state index in [1.54, 1.807) is 6.92 Å². The molecule has 106 valence electrons. The van der Waals surface area contributed by atoms with Crippen LogP contribution in [0.25, 0.3) is 0 Å². The van der Waals surface area contributed by atoms with Crippen LogP contribution in [0.1, 0.15) is 24.8 Å². The smallest absolute Gasteiger partial charge is 0.319 e. The van der Waals surface area contributed by atoms with Crippen LogP contribution in [0.3, 0.4) is 0 Å². The van der Waals surface area contributed by atoms with Crippen molar-refractivity contribution >= 4 is 23.3 Å². The van der Waals surface area contributed by atoms with E-state index in [1.807, 2.05) is 0 Å². The summed E-state index contributed by atoms with van der Waals surface area (Å²) in [4.78, 5) is 33.5. The molecule has 2 N–H and O–H groups in total. The summed E-state index contributed by atoms with van der Waals surface area (Å²) in [5.74, 6) is -1.77. The van der Waals surface area contributed by atoms with E-state index in [9.17, 15) is 19.7 Å². The van der Waals surface area contributed by atoms with Gasteiger partial charge >= 0.3 is 5.97 Å². The van der Waals surface area contributed by atoms with Gasteiger partial charge in [-0.25, -0.2) is 0 Å².